The van der Waals surface area contributed by atoms with Crippen LogP contribution in [0.25, 0.3) is 0 Å². The highest BCUT2D eigenvalue weighted by atomic mass is 35.5. The Morgan fingerprint density at radius 3 is 2.60 bits per heavy atom. The number of hydrogen-bond acceptors (Lipinski definition) is 2. The van der Waals surface area contributed by atoms with E-state index >= 15 is 0 Å². The predicted octanol–water partition coefficient (Wildman–Crippen LogP) is 4.11. The van der Waals surface area contributed by atoms with E-state index in [1.54, 1.807) is 11.3 Å². The van der Waals surface area contributed by atoms with Gasteiger partial charge in [0, 0.05) is 17.0 Å². The van der Waals surface area contributed by atoms with Gasteiger partial charge in [-0.15, -0.1) is 11.3 Å². The average Bonchev–Trinajstić information content (AvgIpc) is 2.61. The highest BCUT2D eigenvalue weighted by Gasteiger charge is 2.06. The third-order valence-electron chi connectivity index (χ3n) is 2.63. The van der Waals surface area contributed by atoms with Gasteiger partial charge in [-0.3, -0.25) is 0 Å². The van der Waals surface area contributed by atoms with Gasteiger partial charge in [-0.05, 0) is 45.2 Å². The molecule has 1 nitrogen and oxygen atoms in total. The van der Waals surface area contributed by atoms with Crippen LogP contribution in [0.5, 0.6) is 0 Å². The van der Waals surface area contributed by atoms with Crippen molar-refractivity contribution in [3.05, 3.63) is 21.3 Å². The lowest BCUT2D eigenvalue weighted by molar-refractivity contribution is 0.439. The van der Waals surface area contributed by atoms with Crippen LogP contribution < -0.4 is 5.32 Å². The number of rotatable bonds is 6. The molecule has 0 saturated carbocycles. The molecule has 1 aromatic heterocycles. The molecule has 1 rings (SSSR count). The number of halogens is 1. The summed E-state index contributed by atoms with van der Waals surface area (Å²) in [6.07, 6.45) is 3.50. The van der Waals surface area contributed by atoms with Crippen LogP contribution in [0.3, 0.4) is 0 Å². The van der Waals surface area contributed by atoms with Crippen molar-refractivity contribution in [2.45, 2.75) is 52.1 Å². The van der Waals surface area contributed by atoms with Gasteiger partial charge >= 0.3 is 0 Å². The third-order valence-corrected chi connectivity index (χ3v) is 3.92. The summed E-state index contributed by atoms with van der Waals surface area (Å²) in [5, 5.41) is 3.58. The summed E-state index contributed by atoms with van der Waals surface area (Å²) in [6, 6.07) is 5.31. The first-order chi connectivity index (χ1) is 7.11. The van der Waals surface area contributed by atoms with Crippen molar-refractivity contribution < 1.29 is 0 Å². The Morgan fingerprint density at radius 1 is 1.33 bits per heavy atom. The number of aryl methyl sites for hydroxylation is 1. The highest BCUT2D eigenvalue weighted by Crippen LogP contribution is 2.22. The van der Waals surface area contributed by atoms with Crippen molar-refractivity contribution in [1.82, 2.24) is 5.32 Å². The highest BCUT2D eigenvalue weighted by molar-refractivity contribution is 7.16. The molecule has 0 amide bonds. The van der Waals surface area contributed by atoms with Gasteiger partial charge < -0.3 is 5.32 Å². The summed E-state index contributed by atoms with van der Waals surface area (Å²) >= 11 is 7.58. The normalized spacial score (nSPS) is 15.2. The zero-order valence-electron chi connectivity index (χ0n) is 9.72. The second kappa shape index (κ2) is 6.51. The molecule has 1 aromatic rings. The Bertz CT molecular complexity index is 285. The van der Waals surface area contributed by atoms with E-state index < -0.39 is 0 Å². The van der Waals surface area contributed by atoms with Crippen molar-refractivity contribution in [2.75, 3.05) is 0 Å². The van der Waals surface area contributed by atoms with Crippen LogP contribution in [0.2, 0.25) is 4.34 Å². The number of nitrogens with one attached hydrogen (secondary N) is 1. The largest absolute Gasteiger partial charge is 0.312 e. The lowest BCUT2D eigenvalue weighted by Gasteiger charge is -2.18. The minimum absolute atomic E-state index is 0.584. The maximum atomic E-state index is 5.89. The zero-order chi connectivity index (χ0) is 11.3. The SMILES string of the molecule is CCC(C)NC(C)CCc1ccc(Cl)s1. The maximum Gasteiger partial charge on any atom is 0.0931 e. The molecule has 0 fully saturated rings. The van der Waals surface area contributed by atoms with Gasteiger partial charge in [0.05, 0.1) is 4.34 Å². The van der Waals surface area contributed by atoms with Crippen molar-refractivity contribution in [2.24, 2.45) is 0 Å². The quantitative estimate of drug-likeness (QED) is 0.795. The fourth-order valence-corrected chi connectivity index (χ4v) is 2.63. The van der Waals surface area contributed by atoms with Crippen molar-refractivity contribution in [3.8, 4) is 0 Å². The Labute approximate surface area is 102 Å². The molecule has 0 saturated heterocycles. The fourth-order valence-electron chi connectivity index (χ4n) is 1.53. The zero-order valence-corrected chi connectivity index (χ0v) is 11.3. The van der Waals surface area contributed by atoms with E-state index in [4.69, 9.17) is 11.6 Å². The molecule has 1 N–H and O–H groups in total. The standard InChI is InChI=1S/C12H20ClNS/c1-4-9(2)14-10(3)5-6-11-7-8-12(13)15-11/h7-10,14H,4-6H2,1-3H3. The lowest BCUT2D eigenvalue weighted by Crippen LogP contribution is -2.34. The topological polar surface area (TPSA) is 12.0 Å². The van der Waals surface area contributed by atoms with Crippen LogP contribution in [0.4, 0.5) is 0 Å². The Hall–Kier alpha value is -0.0500. The second-order valence-electron chi connectivity index (χ2n) is 4.12. The number of thiophene rings is 1. The molecular weight excluding hydrogens is 226 g/mol. The van der Waals surface area contributed by atoms with Crippen LogP contribution in [0, 0.1) is 0 Å². The van der Waals surface area contributed by atoms with Gasteiger partial charge in [0.15, 0.2) is 0 Å². The summed E-state index contributed by atoms with van der Waals surface area (Å²) in [5.41, 5.74) is 0. The average molecular weight is 246 g/mol. The molecule has 86 valence electrons. The molecule has 0 spiro atoms. The fraction of sp³-hybridized carbons (Fsp3) is 0.667. The van der Waals surface area contributed by atoms with Crippen molar-refractivity contribution in [3.63, 3.8) is 0 Å². The molecule has 0 radical (unpaired) electrons. The molecule has 0 aromatic carbocycles. The maximum absolute atomic E-state index is 5.89. The van der Waals surface area contributed by atoms with Gasteiger partial charge in [0.2, 0.25) is 0 Å². The van der Waals surface area contributed by atoms with E-state index in [2.05, 4.69) is 32.2 Å². The summed E-state index contributed by atoms with van der Waals surface area (Å²) in [4.78, 5) is 1.39. The first kappa shape index (κ1) is 13.0. The van der Waals surface area contributed by atoms with Crippen LogP contribution in [-0.2, 0) is 6.42 Å². The van der Waals surface area contributed by atoms with E-state index in [1.807, 2.05) is 6.07 Å². The first-order valence-corrected chi connectivity index (χ1v) is 6.81. The lowest BCUT2D eigenvalue weighted by atomic mass is 10.1. The van der Waals surface area contributed by atoms with Crippen LogP contribution in [0.15, 0.2) is 12.1 Å². The Kier molecular flexibility index (Phi) is 5.65. The van der Waals surface area contributed by atoms with Gasteiger partial charge in [0.25, 0.3) is 0 Å². The first-order valence-electron chi connectivity index (χ1n) is 5.62. The van der Waals surface area contributed by atoms with E-state index in [0.717, 1.165) is 10.8 Å². The number of hydrogen-bond donors (Lipinski definition) is 1. The van der Waals surface area contributed by atoms with Gasteiger partial charge in [-0.2, -0.15) is 0 Å². The molecule has 0 aliphatic carbocycles. The molecule has 2 atom stereocenters. The monoisotopic (exact) mass is 245 g/mol. The van der Waals surface area contributed by atoms with Gasteiger partial charge in [-0.1, -0.05) is 18.5 Å². The van der Waals surface area contributed by atoms with E-state index in [-0.39, 0.29) is 0 Å². The van der Waals surface area contributed by atoms with Crippen molar-refractivity contribution >= 4 is 22.9 Å². The Balaban J connectivity index is 2.25. The van der Waals surface area contributed by atoms with E-state index in [1.165, 1.54) is 17.7 Å². The van der Waals surface area contributed by atoms with Crippen LogP contribution in [0.1, 0.15) is 38.5 Å². The Morgan fingerprint density at radius 2 is 2.07 bits per heavy atom. The smallest absolute Gasteiger partial charge is 0.0931 e. The van der Waals surface area contributed by atoms with Gasteiger partial charge in [0.1, 0.15) is 0 Å². The second-order valence-corrected chi connectivity index (χ2v) is 5.92. The molecule has 0 bridgehead atoms. The van der Waals surface area contributed by atoms with Crippen LogP contribution in [-0.4, -0.2) is 12.1 Å². The molecule has 0 aliphatic heterocycles. The predicted molar refractivity (Wildman–Crippen MR) is 70.0 cm³/mol. The molecule has 3 heteroatoms. The molecule has 2 unspecified atom stereocenters. The third kappa shape index (κ3) is 5.01. The molecule has 0 aliphatic rings. The summed E-state index contributed by atoms with van der Waals surface area (Å²) in [5.74, 6) is 0. The molecule has 15 heavy (non-hydrogen) atoms. The molecular formula is C12H20ClNS. The van der Waals surface area contributed by atoms with Crippen LogP contribution >= 0.6 is 22.9 Å². The van der Waals surface area contributed by atoms with E-state index in [9.17, 15) is 0 Å². The van der Waals surface area contributed by atoms with Gasteiger partial charge in [-0.25, -0.2) is 0 Å². The molecule has 1 heterocycles. The summed E-state index contributed by atoms with van der Waals surface area (Å²) in [6.45, 7) is 6.70. The van der Waals surface area contributed by atoms with Crippen molar-refractivity contribution in [1.29, 1.82) is 0 Å². The summed E-state index contributed by atoms with van der Waals surface area (Å²) < 4.78 is 0.896. The minimum Gasteiger partial charge on any atom is -0.312 e. The minimum atomic E-state index is 0.584. The van der Waals surface area contributed by atoms with E-state index in [0.29, 0.717) is 12.1 Å². The summed E-state index contributed by atoms with van der Waals surface area (Å²) in [7, 11) is 0.